The number of aliphatic hydroxyl groups excluding tert-OH is 1. The van der Waals surface area contributed by atoms with Gasteiger partial charge in [-0.3, -0.25) is 4.79 Å². The van der Waals surface area contributed by atoms with Crippen LogP contribution >= 0.6 is 11.3 Å². The first-order valence-electron chi connectivity index (χ1n) is 4.62. The average Bonchev–Trinajstić information content (AvgIpc) is 2.65. The number of rotatable bonds is 6. The van der Waals surface area contributed by atoms with E-state index < -0.39 is 12.1 Å². The molecule has 0 aliphatic carbocycles. The molecule has 0 radical (unpaired) electrons. The predicted octanol–water partition coefficient (Wildman–Crippen LogP) is 0.629. The number of carbonyl (C=O) groups is 1. The third-order valence-electron chi connectivity index (χ3n) is 1.89. The highest BCUT2D eigenvalue weighted by Gasteiger charge is 2.12. The molecule has 2 unspecified atom stereocenters. The molecule has 1 heterocycles. The van der Waals surface area contributed by atoms with Crippen LogP contribution in [0.4, 0.5) is 0 Å². The van der Waals surface area contributed by atoms with Gasteiger partial charge in [0.1, 0.15) is 5.01 Å². The van der Waals surface area contributed by atoms with E-state index in [1.54, 1.807) is 6.20 Å². The maximum absolute atomic E-state index is 10.3. The van der Waals surface area contributed by atoms with Crippen molar-refractivity contribution in [2.24, 2.45) is 0 Å². The summed E-state index contributed by atoms with van der Waals surface area (Å²) in [5.74, 6) is -0.994. The number of nitrogens with zero attached hydrogens (tertiary/aromatic N) is 1. The van der Waals surface area contributed by atoms with Crippen molar-refractivity contribution in [3.8, 4) is 0 Å². The molecule has 1 rings (SSSR count). The van der Waals surface area contributed by atoms with E-state index in [9.17, 15) is 9.90 Å². The first-order valence-corrected chi connectivity index (χ1v) is 5.50. The summed E-state index contributed by atoms with van der Waals surface area (Å²) in [7, 11) is 0. The van der Waals surface area contributed by atoms with Gasteiger partial charge >= 0.3 is 5.97 Å². The number of nitrogens with one attached hydrogen (secondary N) is 1. The molecule has 0 aromatic carbocycles. The minimum Gasteiger partial charge on any atom is -0.481 e. The van der Waals surface area contributed by atoms with Crippen LogP contribution in [0.5, 0.6) is 0 Å². The van der Waals surface area contributed by atoms with E-state index >= 15 is 0 Å². The first-order chi connectivity index (χ1) is 7.09. The number of carboxylic acids is 1. The van der Waals surface area contributed by atoms with Crippen LogP contribution in [0.15, 0.2) is 11.6 Å². The van der Waals surface area contributed by atoms with Crippen LogP contribution in [-0.4, -0.2) is 33.8 Å². The number of aliphatic hydroxyl groups is 1. The summed E-state index contributed by atoms with van der Waals surface area (Å²) >= 11 is 1.53. The minimum absolute atomic E-state index is 0.0356. The summed E-state index contributed by atoms with van der Waals surface area (Å²) in [6.07, 6.45) is 0.619. The van der Waals surface area contributed by atoms with Crippen molar-refractivity contribution in [2.75, 3.05) is 6.54 Å². The average molecular weight is 230 g/mol. The lowest BCUT2D eigenvalue weighted by molar-refractivity contribution is -0.139. The quantitative estimate of drug-likeness (QED) is 0.667. The van der Waals surface area contributed by atoms with Crippen molar-refractivity contribution in [3.63, 3.8) is 0 Å². The van der Waals surface area contributed by atoms with Crippen LogP contribution in [0.25, 0.3) is 0 Å². The number of carboxylic acid groups (broad SMARTS) is 1. The van der Waals surface area contributed by atoms with E-state index in [1.165, 1.54) is 11.3 Å². The summed E-state index contributed by atoms with van der Waals surface area (Å²) < 4.78 is 0. The smallest absolute Gasteiger partial charge is 0.306 e. The molecule has 0 saturated heterocycles. The van der Waals surface area contributed by atoms with E-state index in [0.717, 1.165) is 5.01 Å². The van der Waals surface area contributed by atoms with Gasteiger partial charge < -0.3 is 15.5 Å². The fourth-order valence-electron chi connectivity index (χ4n) is 1.12. The Kier molecular flexibility index (Phi) is 4.67. The van der Waals surface area contributed by atoms with Gasteiger partial charge in [0.25, 0.3) is 0 Å². The lowest BCUT2D eigenvalue weighted by Gasteiger charge is -2.13. The number of thiazole rings is 1. The molecule has 5 nitrogen and oxygen atoms in total. The molecule has 0 amide bonds. The second-order valence-corrected chi connectivity index (χ2v) is 4.18. The monoisotopic (exact) mass is 230 g/mol. The predicted molar refractivity (Wildman–Crippen MR) is 56.8 cm³/mol. The maximum Gasteiger partial charge on any atom is 0.306 e. The Labute approximate surface area is 91.8 Å². The summed E-state index contributed by atoms with van der Waals surface area (Å²) in [6.45, 7) is 2.18. The molecular formula is C9H14N2O3S. The van der Waals surface area contributed by atoms with Crippen LogP contribution < -0.4 is 5.32 Å². The second-order valence-electron chi connectivity index (χ2n) is 3.25. The van der Waals surface area contributed by atoms with Crippen LogP contribution in [0.1, 0.15) is 24.4 Å². The number of aromatic nitrogens is 1. The first kappa shape index (κ1) is 12.1. The summed E-state index contributed by atoms with van der Waals surface area (Å²) in [5, 5.41) is 23.6. The van der Waals surface area contributed by atoms with Crippen LogP contribution in [0, 0.1) is 0 Å². The van der Waals surface area contributed by atoms with Crippen molar-refractivity contribution in [1.29, 1.82) is 0 Å². The van der Waals surface area contributed by atoms with E-state index in [-0.39, 0.29) is 19.0 Å². The zero-order valence-corrected chi connectivity index (χ0v) is 9.20. The summed E-state index contributed by atoms with van der Waals surface area (Å²) in [6, 6.07) is 0.0356. The van der Waals surface area contributed by atoms with E-state index in [1.807, 2.05) is 12.3 Å². The molecule has 84 valence electrons. The zero-order valence-electron chi connectivity index (χ0n) is 8.38. The van der Waals surface area contributed by atoms with Gasteiger partial charge in [-0.1, -0.05) is 0 Å². The van der Waals surface area contributed by atoms with Crippen molar-refractivity contribution in [2.45, 2.75) is 25.5 Å². The standard InChI is InChI=1S/C9H14N2O3S/c1-6(9-10-2-3-15-9)11-5-7(12)4-8(13)14/h2-3,6-7,11-12H,4-5H2,1H3,(H,13,14). The van der Waals surface area contributed by atoms with Crippen LogP contribution in [0.3, 0.4) is 0 Å². The van der Waals surface area contributed by atoms with Gasteiger partial charge in [0.2, 0.25) is 0 Å². The molecule has 0 saturated carbocycles. The molecule has 1 aromatic rings. The summed E-state index contributed by atoms with van der Waals surface area (Å²) in [4.78, 5) is 14.4. The van der Waals surface area contributed by atoms with Gasteiger partial charge in [0, 0.05) is 18.1 Å². The lowest BCUT2D eigenvalue weighted by atomic mass is 10.2. The van der Waals surface area contributed by atoms with Crippen molar-refractivity contribution in [1.82, 2.24) is 10.3 Å². The Balaban J connectivity index is 2.28. The highest BCUT2D eigenvalue weighted by Crippen LogP contribution is 2.14. The number of aliphatic carboxylic acids is 1. The Bertz CT molecular complexity index is 302. The third-order valence-corrected chi connectivity index (χ3v) is 2.85. The van der Waals surface area contributed by atoms with Gasteiger partial charge in [0.15, 0.2) is 0 Å². The molecule has 0 spiro atoms. The molecule has 0 aliphatic rings. The van der Waals surface area contributed by atoms with Gasteiger partial charge in [-0.05, 0) is 6.92 Å². The van der Waals surface area contributed by atoms with E-state index in [4.69, 9.17) is 5.11 Å². The largest absolute Gasteiger partial charge is 0.481 e. The fourth-order valence-corrected chi connectivity index (χ4v) is 1.79. The molecule has 0 aliphatic heterocycles. The molecular weight excluding hydrogens is 216 g/mol. The molecule has 1 aromatic heterocycles. The SMILES string of the molecule is CC(NCC(O)CC(=O)O)c1nccs1. The Hall–Kier alpha value is -0.980. The van der Waals surface area contributed by atoms with Gasteiger partial charge in [-0.25, -0.2) is 4.98 Å². The Morgan fingerprint density at radius 1 is 1.73 bits per heavy atom. The molecule has 3 N–H and O–H groups in total. The maximum atomic E-state index is 10.3. The minimum atomic E-state index is -0.994. The van der Waals surface area contributed by atoms with Crippen LogP contribution in [0.2, 0.25) is 0 Å². The fraction of sp³-hybridized carbons (Fsp3) is 0.556. The number of hydrogen-bond donors (Lipinski definition) is 3. The lowest BCUT2D eigenvalue weighted by Crippen LogP contribution is -2.30. The third kappa shape index (κ3) is 4.37. The molecule has 0 fully saturated rings. The van der Waals surface area contributed by atoms with Gasteiger partial charge in [-0.2, -0.15) is 0 Å². The number of hydrogen-bond acceptors (Lipinski definition) is 5. The second kappa shape index (κ2) is 5.79. The molecule has 6 heteroatoms. The highest BCUT2D eigenvalue weighted by atomic mass is 32.1. The summed E-state index contributed by atoms with van der Waals surface area (Å²) in [5.41, 5.74) is 0. The Morgan fingerprint density at radius 3 is 3.00 bits per heavy atom. The van der Waals surface area contributed by atoms with E-state index in [0.29, 0.717) is 0 Å². The van der Waals surface area contributed by atoms with Crippen LogP contribution in [-0.2, 0) is 4.79 Å². The Morgan fingerprint density at radius 2 is 2.47 bits per heavy atom. The van der Waals surface area contributed by atoms with Crippen molar-refractivity contribution < 1.29 is 15.0 Å². The molecule has 15 heavy (non-hydrogen) atoms. The zero-order chi connectivity index (χ0) is 11.3. The molecule has 0 bridgehead atoms. The van der Waals surface area contributed by atoms with Gasteiger partial charge in [0.05, 0.1) is 18.6 Å². The normalized spacial score (nSPS) is 14.8. The van der Waals surface area contributed by atoms with Crippen molar-refractivity contribution in [3.05, 3.63) is 16.6 Å². The van der Waals surface area contributed by atoms with Gasteiger partial charge in [-0.15, -0.1) is 11.3 Å². The van der Waals surface area contributed by atoms with E-state index in [2.05, 4.69) is 10.3 Å². The molecule has 2 atom stereocenters. The topological polar surface area (TPSA) is 82.5 Å². The van der Waals surface area contributed by atoms with Crippen molar-refractivity contribution >= 4 is 17.3 Å². The highest BCUT2D eigenvalue weighted by molar-refractivity contribution is 7.09.